The van der Waals surface area contributed by atoms with Crippen LogP contribution in [-0.2, 0) is 11.3 Å². The summed E-state index contributed by atoms with van der Waals surface area (Å²) in [5, 5.41) is 0. The Morgan fingerprint density at radius 3 is 2.71 bits per heavy atom. The van der Waals surface area contributed by atoms with Gasteiger partial charge in [0.1, 0.15) is 11.6 Å². The van der Waals surface area contributed by atoms with E-state index >= 15 is 0 Å². The average Bonchev–Trinajstić information content (AvgIpc) is 2.47. The van der Waals surface area contributed by atoms with E-state index in [0.717, 1.165) is 5.56 Å². The molecular formula is C16H15FN2O2. The number of hydrogen-bond donors (Lipinski definition) is 1. The first-order valence-corrected chi connectivity index (χ1v) is 6.67. The molecular weight excluding hydrogens is 271 g/mol. The van der Waals surface area contributed by atoms with Crippen molar-refractivity contribution in [3.8, 4) is 5.75 Å². The normalized spacial score (nSPS) is 17.3. The number of ether oxygens (including phenoxy) is 1. The molecule has 2 N–H and O–H groups in total. The summed E-state index contributed by atoms with van der Waals surface area (Å²) in [4.78, 5) is 13.9. The van der Waals surface area contributed by atoms with Gasteiger partial charge in [0, 0.05) is 12.1 Å². The Hall–Kier alpha value is -2.56. The molecule has 5 heteroatoms. The number of nitrogens with zero attached hydrogens (tertiary/aromatic N) is 1. The van der Waals surface area contributed by atoms with E-state index < -0.39 is 11.9 Å². The Morgan fingerprint density at radius 2 is 2.00 bits per heavy atom. The lowest BCUT2D eigenvalue weighted by atomic mass is 10.1. The maximum absolute atomic E-state index is 13.7. The van der Waals surface area contributed by atoms with E-state index in [1.165, 1.54) is 17.0 Å². The van der Waals surface area contributed by atoms with Gasteiger partial charge in [0.25, 0.3) is 5.91 Å². The van der Waals surface area contributed by atoms with Gasteiger partial charge in [0.15, 0.2) is 6.10 Å². The van der Waals surface area contributed by atoms with Crippen LogP contribution < -0.4 is 15.4 Å². The number of anilines is 2. The molecule has 1 amide bonds. The van der Waals surface area contributed by atoms with Crippen LogP contribution in [0.2, 0.25) is 0 Å². The summed E-state index contributed by atoms with van der Waals surface area (Å²) in [5.74, 6) is -0.328. The van der Waals surface area contributed by atoms with Gasteiger partial charge in [0.2, 0.25) is 0 Å². The number of carbonyl (C=O) groups excluding carboxylic acids is 1. The fraction of sp³-hybridized carbons (Fsp3) is 0.188. The highest BCUT2D eigenvalue weighted by molar-refractivity contribution is 6.00. The predicted octanol–water partition coefficient (Wildman–Crippen LogP) is 2.72. The van der Waals surface area contributed by atoms with Crippen LogP contribution >= 0.6 is 0 Å². The third-order valence-electron chi connectivity index (χ3n) is 3.47. The first-order chi connectivity index (χ1) is 10.1. The molecule has 0 aromatic heterocycles. The molecule has 1 heterocycles. The zero-order valence-electron chi connectivity index (χ0n) is 11.5. The summed E-state index contributed by atoms with van der Waals surface area (Å²) in [6, 6.07) is 12.2. The van der Waals surface area contributed by atoms with Crippen LogP contribution in [0, 0.1) is 5.82 Å². The average molecular weight is 286 g/mol. The third kappa shape index (κ3) is 2.42. The van der Waals surface area contributed by atoms with Crippen molar-refractivity contribution < 1.29 is 13.9 Å². The molecule has 2 aromatic rings. The van der Waals surface area contributed by atoms with Crippen LogP contribution in [0.5, 0.6) is 5.75 Å². The third-order valence-corrected chi connectivity index (χ3v) is 3.47. The lowest BCUT2D eigenvalue weighted by Gasteiger charge is -2.33. The van der Waals surface area contributed by atoms with Gasteiger partial charge in [-0.3, -0.25) is 4.79 Å². The van der Waals surface area contributed by atoms with Crippen molar-refractivity contribution in [1.29, 1.82) is 0 Å². The Labute approximate surface area is 121 Å². The van der Waals surface area contributed by atoms with Gasteiger partial charge < -0.3 is 15.4 Å². The van der Waals surface area contributed by atoms with Crippen LogP contribution in [0.25, 0.3) is 0 Å². The summed E-state index contributed by atoms with van der Waals surface area (Å²) in [7, 11) is 0. The van der Waals surface area contributed by atoms with E-state index in [4.69, 9.17) is 10.5 Å². The molecule has 1 atom stereocenters. The van der Waals surface area contributed by atoms with Crippen molar-refractivity contribution in [3.05, 3.63) is 53.8 Å². The number of hydrogen-bond acceptors (Lipinski definition) is 3. The first-order valence-electron chi connectivity index (χ1n) is 6.67. The standard InChI is InChI=1S/C16H15FN2O2/c1-10-16(20)19(9-11-5-3-2-4-6-11)14-7-12(17)13(18)8-15(14)21-10/h2-8,10H,9,18H2,1H3/t10-/m1/s1. The maximum atomic E-state index is 13.7. The topological polar surface area (TPSA) is 55.6 Å². The molecule has 0 unspecified atom stereocenters. The van der Waals surface area contributed by atoms with Crippen LogP contribution in [-0.4, -0.2) is 12.0 Å². The Kier molecular flexibility index (Phi) is 3.25. The molecule has 0 fully saturated rings. The summed E-state index contributed by atoms with van der Waals surface area (Å²) in [6.45, 7) is 2.03. The number of benzene rings is 2. The van der Waals surface area contributed by atoms with Crippen molar-refractivity contribution in [2.45, 2.75) is 19.6 Å². The van der Waals surface area contributed by atoms with Gasteiger partial charge in [-0.05, 0) is 12.5 Å². The number of nitrogens with two attached hydrogens (primary N) is 1. The van der Waals surface area contributed by atoms with Gasteiger partial charge in [-0.2, -0.15) is 0 Å². The van der Waals surface area contributed by atoms with Crippen LogP contribution in [0.4, 0.5) is 15.8 Å². The molecule has 108 valence electrons. The Balaban J connectivity index is 2.03. The second kappa shape index (κ2) is 5.09. The van der Waals surface area contributed by atoms with Gasteiger partial charge in [-0.15, -0.1) is 0 Å². The Morgan fingerprint density at radius 1 is 1.29 bits per heavy atom. The van der Waals surface area contributed by atoms with E-state index in [0.29, 0.717) is 18.0 Å². The maximum Gasteiger partial charge on any atom is 0.268 e. The fourth-order valence-electron chi connectivity index (χ4n) is 2.37. The minimum atomic E-state index is -0.619. The van der Waals surface area contributed by atoms with Crippen LogP contribution in [0.1, 0.15) is 12.5 Å². The van der Waals surface area contributed by atoms with E-state index in [1.54, 1.807) is 6.92 Å². The second-order valence-corrected chi connectivity index (χ2v) is 5.01. The van der Waals surface area contributed by atoms with Gasteiger partial charge in [-0.25, -0.2) is 4.39 Å². The quantitative estimate of drug-likeness (QED) is 0.864. The molecule has 1 aliphatic heterocycles. The number of carbonyl (C=O) groups is 1. The van der Waals surface area contributed by atoms with Crippen molar-refractivity contribution in [2.75, 3.05) is 10.6 Å². The molecule has 0 saturated heterocycles. The molecule has 0 aliphatic carbocycles. The molecule has 0 radical (unpaired) electrons. The van der Waals surface area contributed by atoms with E-state index in [9.17, 15) is 9.18 Å². The van der Waals surface area contributed by atoms with Crippen molar-refractivity contribution in [3.63, 3.8) is 0 Å². The van der Waals surface area contributed by atoms with Gasteiger partial charge >= 0.3 is 0 Å². The summed E-state index contributed by atoms with van der Waals surface area (Å²) >= 11 is 0. The highest BCUT2D eigenvalue weighted by Crippen LogP contribution is 2.37. The number of amides is 1. The summed E-state index contributed by atoms with van der Waals surface area (Å²) in [6.07, 6.45) is -0.619. The molecule has 4 nitrogen and oxygen atoms in total. The highest BCUT2D eigenvalue weighted by Gasteiger charge is 2.32. The Bertz CT molecular complexity index is 688. The van der Waals surface area contributed by atoms with Gasteiger partial charge in [0.05, 0.1) is 17.9 Å². The highest BCUT2D eigenvalue weighted by atomic mass is 19.1. The smallest absolute Gasteiger partial charge is 0.268 e. The lowest BCUT2D eigenvalue weighted by Crippen LogP contribution is -2.44. The lowest BCUT2D eigenvalue weighted by molar-refractivity contribution is -0.125. The fourth-order valence-corrected chi connectivity index (χ4v) is 2.37. The van der Waals surface area contributed by atoms with E-state index in [1.807, 2.05) is 30.3 Å². The minimum Gasteiger partial charge on any atom is -0.479 e. The van der Waals surface area contributed by atoms with Crippen molar-refractivity contribution >= 4 is 17.3 Å². The first kappa shape index (κ1) is 13.4. The summed E-state index contributed by atoms with van der Waals surface area (Å²) in [5.41, 5.74) is 6.94. The summed E-state index contributed by atoms with van der Waals surface area (Å²) < 4.78 is 19.2. The number of halogens is 1. The molecule has 2 aromatic carbocycles. The van der Waals surface area contributed by atoms with E-state index in [2.05, 4.69) is 0 Å². The molecule has 3 rings (SSSR count). The van der Waals surface area contributed by atoms with Gasteiger partial charge in [-0.1, -0.05) is 30.3 Å². The predicted molar refractivity (Wildman–Crippen MR) is 78.5 cm³/mol. The van der Waals surface area contributed by atoms with Crippen LogP contribution in [0.15, 0.2) is 42.5 Å². The molecule has 0 saturated carbocycles. The van der Waals surface area contributed by atoms with E-state index in [-0.39, 0.29) is 11.6 Å². The van der Waals surface area contributed by atoms with Crippen molar-refractivity contribution in [1.82, 2.24) is 0 Å². The second-order valence-electron chi connectivity index (χ2n) is 5.01. The van der Waals surface area contributed by atoms with Crippen molar-refractivity contribution in [2.24, 2.45) is 0 Å². The monoisotopic (exact) mass is 286 g/mol. The zero-order valence-corrected chi connectivity index (χ0v) is 11.5. The molecule has 21 heavy (non-hydrogen) atoms. The minimum absolute atomic E-state index is 0.00922. The number of rotatable bonds is 2. The number of nitrogen functional groups attached to an aromatic ring is 1. The largest absolute Gasteiger partial charge is 0.479 e. The SMILES string of the molecule is C[C@H]1Oc2cc(N)c(F)cc2N(Cc2ccccc2)C1=O. The number of fused-ring (bicyclic) bond motifs is 1. The molecule has 0 spiro atoms. The zero-order chi connectivity index (χ0) is 15.0. The molecule has 1 aliphatic rings. The van der Waals surface area contributed by atoms with Crippen LogP contribution in [0.3, 0.4) is 0 Å². The molecule has 0 bridgehead atoms.